The average Bonchev–Trinajstić information content (AvgIpc) is 3.14. The number of hydrogen-bond donors (Lipinski definition) is 1. The third-order valence-corrected chi connectivity index (χ3v) is 4.83. The lowest BCUT2D eigenvalue weighted by Crippen LogP contribution is -2.26. The van der Waals surface area contributed by atoms with Crippen molar-refractivity contribution in [3.05, 3.63) is 34.2 Å². The van der Waals surface area contributed by atoms with Crippen LogP contribution in [0.5, 0.6) is 0 Å². The fourth-order valence-corrected chi connectivity index (χ4v) is 3.38. The number of thiazole rings is 1. The van der Waals surface area contributed by atoms with E-state index in [0.717, 1.165) is 24.1 Å². The van der Waals surface area contributed by atoms with Crippen molar-refractivity contribution in [2.24, 2.45) is 0 Å². The molecule has 1 atom stereocenters. The molecule has 1 amide bonds. The largest absolute Gasteiger partial charge is 0.368 e. The molecular formula is C17H20N2O2S. The maximum atomic E-state index is 12.1. The van der Waals surface area contributed by atoms with Crippen LogP contribution in [-0.4, -0.2) is 23.6 Å². The summed E-state index contributed by atoms with van der Waals surface area (Å²) in [4.78, 5) is 16.6. The van der Waals surface area contributed by atoms with Crippen molar-refractivity contribution in [1.29, 1.82) is 0 Å². The van der Waals surface area contributed by atoms with Crippen molar-refractivity contribution >= 4 is 22.4 Å². The predicted octanol–water partition coefficient (Wildman–Crippen LogP) is 3.85. The number of benzene rings is 1. The summed E-state index contributed by atoms with van der Waals surface area (Å²) in [5.74, 6) is -0.0878. The molecular weight excluding hydrogens is 296 g/mol. The Hall–Kier alpha value is -1.72. The van der Waals surface area contributed by atoms with Gasteiger partial charge in [0.05, 0.1) is 5.69 Å². The molecule has 4 nitrogen and oxygen atoms in total. The topological polar surface area (TPSA) is 51.2 Å². The van der Waals surface area contributed by atoms with Gasteiger partial charge in [0.2, 0.25) is 0 Å². The van der Waals surface area contributed by atoms with Gasteiger partial charge in [-0.1, -0.05) is 6.07 Å². The second kappa shape index (κ2) is 6.18. The van der Waals surface area contributed by atoms with Crippen LogP contribution in [0.3, 0.4) is 0 Å². The van der Waals surface area contributed by atoms with E-state index in [1.54, 1.807) is 0 Å². The highest BCUT2D eigenvalue weighted by Crippen LogP contribution is 2.29. The summed E-state index contributed by atoms with van der Waals surface area (Å²) in [6.45, 7) is 6.97. The number of nitrogens with zero attached hydrogens (tertiary/aromatic N) is 1. The highest BCUT2D eigenvalue weighted by Gasteiger charge is 2.24. The first kappa shape index (κ1) is 15.2. The van der Waals surface area contributed by atoms with E-state index < -0.39 is 0 Å². The molecule has 3 rings (SSSR count). The molecule has 1 saturated heterocycles. The van der Waals surface area contributed by atoms with Gasteiger partial charge in [0.15, 0.2) is 5.13 Å². The quantitative estimate of drug-likeness (QED) is 0.935. The smallest absolute Gasteiger partial charge is 0.255 e. The first-order valence-corrected chi connectivity index (χ1v) is 8.39. The Kier molecular flexibility index (Phi) is 4.27. The number of anilines is 1. The van der Waals surface area contributed by atoms with Crippen LogP contribution in [0.4, 0.5) is 5.13 Å². The van der Waals surface area contributed by atoms with Crippen LogP contribution in [0.25, 0.3) is 11.3 Å². The molecule has 1 aliphatic heterocycles. The lowest BCUT2D eigenvalue weighted by Gasteiger charge is -2.08. The minimum Gasteiger partial charge on any atom is -0.368 e. The van der Waals surface area contributed by atoms with Crippen LogP contribution < -0.4 is 5.32 Å². The number of carbonyl (C=O) groups excluding carboxylic acids is 1. The van der Waals surface area contributed by atoms with E-state index in [4.69, 9.17) is 4.74 Å². The molecule has 0 spiro atoms. The predicted molar refractivity (Wildman–Crippen MR) is 89.4 cm³/mol. The first-order chi connectivity index (χ1) is 10.5. The van der Waals surface area contributed by atoms with Gasteiger partial charge in [-0.15, -0.1) is 11.3 Å². The molecule has 0 bridgehead atoms. The highest BCUT2D eigenvalue weighted by atomic mass is 32.1. The number of aromatic nitrogens is 1. The van der Waals surface area contributed by atoms with Crippen LogP contribution in [-0.2, 0) is 9.53 Å². The van der Waals surface area contributed by atoms with Gasteiger partial charge in [0, 0.05) is 17.6 Å². The van der Waals surface area contributed by atoms with E-state index in [0.29, 0.717) is 11.7 Å². The van der Waals surface area contributed by atoms with Crippen molar-refractivity contribution in [2.45, 2.75) is 39.7 Å². The molecule has 116 valence electrons. The van der Waals surface area contributed by atoms with Gasteiger partial charge in [0.25, 0.3) is 5.91 Å². The molecule has 0 saturated carbocycles. The number of rotatable bonds is 3. The second-order valence-electron chi connectivity index (χ2n) is 5.78. The first-order valence-electron chi connectivity index (χ1n) is 7.51. The molecule has 1 aliphatic rings. The summed E-state index contributed by atoms with van der Waals surface area (Å²) < 4.78 is 5.39. The van der Waals surface area contributed by atoms with Gasteiger partial charge >= 0.3 is 0 Å². The lowest BCUT2D eigenvalue weighted by molar-refractivity contribution is -0.124. The van der Waals surface area contributed by atoms with Crippen molar-refractivity contribution in [1.82, 2.24) is 4.98 Å². The Bertz CT molecular complexity index is 703. The number of aryl methyl sites for hydroxylation is 3. The van der Waals surface area contributed by atoms with E-state index in [9.17, 15) is 4.79 Å². The molecule has 2 heterocycles. The zero-order valence-corrected chi connectivity index (χ0v) is 13.9. The van der Waals surface area contributed by atoms with E-state index in [1.807, 2.05) is 5.38 Å². The Morgan fingerprint density at radius 1 is 1.27 bits per heavy atom. The number of amides is 1. The molecule has 5 heteroatoms. The summed E-state index contributed by atoms with van der Waals surface area (Å²) in [6.07, 6.45) is 1.42. The van der Waals surface area contributed by atoms with Gasteiger partial charge in [0.1, 0.15) is 6.10 Å². The maximum absolute atomic E-state index is 12.1. The van der Waals surface area contributed by atoms with E-state index >= 15 is 0 Å². The fourth-order valence-electron chi connectivity index (χ4n) is 2.66. The standard InChI is InChI=1S/C17H20N2O2S/c1-10-7-12(3)13(8-11(10)2)14-9-22-17(18-14)19-16(20)15-5-4-6-21-15/h7-9,15H,4-6H2,1-3H3,(H,18,19,20)/t15-/m0/s1. The molecule has 22 heavy (non-hydrogen) atoms. The van der Waals surface area contributed by atoms with Crippen LogP contribution in [0, 0.1) is 20.8 Å². The molecule has 1 aromatic carbocycles. The zero-order chi connectivity index (χ0) is 15.7. The van der Waals surface area contributed by atoms with Gasteiger partial charge in [-0.05, 0) is 56.4 Å². The second-order valence-corrected chi connectivity index (χ2v) is 6.64. The van der Waals surface area contributed by atoms with Crippen molar-refractivity contribution in [3.8, 4) is 11.3 Å². The third-order valence-electron chi connectivity index (χ3n) is 4.07. The summed E-state index contributed by atoms with van der Waals surface area (Å²) in [5, 5.41) is 5.48. The summed E-state index contributed by atoms with van der Waals surface area (Å²) in [7, 11) is 0. The molecule has 1 aromatic heterocycles. The molecule has 0 unspecified atom stereocenters. The number of ether oxygens (including phenoxy) is 1. The van der Waals surface area contributed by atoms with Crippen LogP contribution in [0.15, 0.2) is 17.5 Å². The van der Waals surface area contributed by atoms with Crippen molar-refractivity contribution in [3.63, 3.8) is 0 Å². The maximum Gasteiger partial charge on any atom is 0.255 e. The Morgan fingerprint density at radius 2 is 2.05 bits per heavy atom. The van der Waals surface area contributed by atoms with Gasteiger partial charge in [-0.3, -0.25) is 10.1 Å². The lowest BCUT2D eigenvalue weighted by atomic mass is 9.99. The minimum absolute atomic E-state index is 0.0878. The zero-order valence-electron chi connectivity index (χ0n) is 13.1. The van der Waals surface area contributed by atoms with Crippen LogP contribution in [0.1, 0.15) is 29.5 Å². The summed E-state index contributed by atoms with van der Waals surface area (Å²) >= 11 is 1.45. The molecule has 2 aromatic rings. The van der Waals surface area contributed by atoms with E-state index in [-0.39, 0.29) is 12.0 Å². The molecule has 0 aliphatic carbocycles. The summed E-state index contributed by atoms with van der Waals surface area (Å²) in [6, 6.07) is 4.33. The monoisotopic (exact) mass is 316 g/mol. The van der Waals surface area contributed by atoms with Gasteiger partial charge < -0.3 is 4.74 Å². The molecule has 1 N–H and O–H groups in total. The Balaban J connectivity index is 1.79. The van der Waals surface area contributed by atoms with Crippen LogP contribution in [0.2, 0.25) is 0 Å². The Labute approximate surface area is 134 Å². The number of nitrogens with one attached hydrogen (secondary N) is 1. The number of carbonyl (C=O) groups is 1. The van der Waals surface area contributed by atoms with E-state index in [1.165, 1.54) is 28.0 Å². The SMILES string of the molecule is Cc1cc(C)c(-c2csc(NC(=O)[C@@H]3CCCO3)n2)cc1C. The molecule has 1 fully saturated rings. The van der Waals surface area contributed by atoms with E-state index in [2.05, 4.69) is 43.2 Å². The van der Waals surface area contributed by atoms with Gasteiger partial charge in [-0.25, -0.2) is 4.98 Å². The Morgan fingerprint density at radius 3 is 2.77 bits per heavy atom. The van der Waals surface area contributed by atoms with Crippen molar-refractivity contribution < 1.29 is 9.53 Å². The fraction of sp³-hybridized carbons (Fsp3) is 0.412. The normalized spacial score (nSPS) is 17.7. The average molecular weight is 316 g/mol. The molecule has 0 radical (unpaired) electrons. The number of hydrogen-bond acceptors (Lipinski definition) is 4. The third kappa shape index (κ3) is 3.05. The van der Waals surface area contributed by atoms with Gasteiger partial charge in [-0.2, -0.15) is 0 Å². The highest BCUT2D eigenvalue weighted by molar-refractivity contribution is 7.14. The van der Waals surface area contributed by atoms with Crippen molar-refractivity contribution in [2.75, 3.05) is 11.9 Å². The van der Waals surface area contributed by atoms with Crippen LogP contribution >= 0.6 is 11.3 Å². The minimum atomic E-state index is -0.323. The summed E-state index contributed by atoms with van der Waals surface area (Å²) in [5.41, 5.74) is 5.76.